The molecule has 0 saturated heterocycles. The van der Waals surface area contributed by atoms with Crippen LogP contribution in [0.25, 0.3) is 0 Å². The van der Waals surface area contributed by atoms with E-state index >= 15 is 0 Å². The molecule has 0 fully saturated rings. The van der Waals surface area contributed by atoms with Crippen molar-refractivity contribution >= 4 is 11.6 Å². The molecular weight excluding hydrogens is 335 g/mol. The summed E-state index contributed by atoms with van der Waals surface area (Å²) in [6.07, 6.45) is -4.31. The van der Waals surface area contributed by atoms with E-state index in [1.54, 1.807) is 0 Å². The van der Waals surface area contributed by atoms with Crippen LogP contribution >= 0.6 is 0 Å². The highest BCUT2D eigenvalue weighted by atomic mass is 19.4. The molecule has 2 aromatic rings. The van der Waals surface area contributed by atoms with Gasteiger partial charge in [0, 0.05) is 6.42 Å². The quantitative estimate of drug-likeness (QED) is 0.794. The Morgan fingerprint density at radius 2 is 1.68 bits per heavy atom. The standard InChI is InChI=1S/C18H18F3NO3/c1-2-24-15-9-5-3-7-13(15)11-12-17(23)22-14-8-4-6-10-16(14)25-18(19,20)21/h3-10H,2,11-12H2,1H3,(H,22,23). The van der Waals surface area contributed by atoms with Gasteiger partial charge in [0.05, 0.1) is 12.3 Å². The largest absolute Gasteiger partial charge is 0.573 e. The van der Waals surface area contributed by atoms with Gasteiger partial charge in [-0.2, -0.15) is 0 Å². The number of benzene rings is 2. The van der Waals surface area contributed by atoms with Gasteiger partial charge in [0.15, 0.2) is 5.75 Å². The SMILES string of the molecule is CCOc1ccccc1CCC(=O)Nc1ccccc1OC(F)(F)F. The number of hydrogen-bond acceptors (Lipinski definition) is 3. The summed E-state index contributed by atoms with van der Waals surface area (Å²) in [5, 5.41) is 2.45. The molecule has 25 heavy (non-hydrogen) atoms. The lowest BCUT2D eigenvalue weighted by Gasteiger charge is -2.14. The van der Waals surface area contributed by atoms with E-state index in [-0.39, 0.29) is 12.1 Å². The first kappa shape index (κ1) is 18.6. The molecule has 0 radical (unpaired) electrons. The highest BCUT2D eigenvalue weighted by molar-refractivity contribution is 5.92. The van der Waals surface area contributed by atoms with Gasteiger partial charge in [0.2, 0.25) is 5.91 Å². The van der Waals surface area contributed by atoms with E-state index in [1.807, 2.05) is 31.2 Å². The van der Waals surface area contributed by atoms with E-state index in [2.05, 4.69) is 10.1 Å². The number of alkyl halides is 3. The third-order valence-corrected chi connectivity index (χ3v) is 3.28. The van der Waals surface area contributed by atoms with Crippen molar-refractivity contribution in [3.8, 4) is 11.5 Å². The van der Waals surface area contributed by atoms with Crippen LogP contribution in [0.15, 0.2) is 48.5 Å². The Morgan fingerprint density at radius 1 is 1.04 bits per heavy atom. The molecule has 0 aliphatic carbocycles. The Morgan fingerprint density at radius 3 is 2.36 bits per heavy atom. The van der Waals surface area contributed by atoms with Gasteiger partial charge >= 0.3 is 6.36 Å². The van der Waals surface area contributed by atoms with Crippen LogP contribution in [0.3, 0.4) is 0 Å². The average molecular weight is 353 g/mol. The molecule has 0 spiro atoms. The van der Waals surface area contributed by atoms with E-state index in [0.717, 1.165) is 11.6 Å². The van der Waals surface area contributed by atoms with Crippen LogP contribution in [0.2, 0.25) is 0 Å². The zero-order chi connectivity index (χ0) is 18.3. The van der Waals surface area contributed by atoms with Crippen LogP contribution in [0, 0.1) is 0 Å². The zero-order valence-electron chi connectivity index (χ0n) is 13.6. The molecule has 0 aliphatic heterocycles. The predicted octanol–water partition coefficient (Wildman–Crippen LogP) is 4.56. The average Bonchev–Trinajstić information content (AvgIpc) is 2.55. The van der Waals surface area contributed by atoms with E-state index in [4.69, 9.17) is 4.74 Å². The smallest absolute Gasteiger partial charge is 0.494 e. The Hall–Kier alpha value is -2.70. The fourth-order valence-corrected chi connectivity index (χ4v) is 2.25. The van der Waals surface area contributed by atoms with Gasteiger partial charge in [-0.3, -0.25) is 4.79 Å². The minimum Gasteiger partial charge on any atom is -0.494 e. The summed E-state index contributed by atoms with van der Waals surface area (Å²) in [5.41, 5.74) is 0.835. The van der Waals surface area contributed by atoms with Crippen molar-refractivity contribution in [2.75, 3.05) is 11.9 Å². The molecule has 1 N–H and O–H groups in total. The van der Waals surface area contributed by atoms with Gasteiger partial charge in [-0.05, 0) is 37.1 Å². The second kappa shape index (κ2) is 8.41. The molecule has 0 heterocycles. The molecular formula is C18H18F3NO3. The van der Waals surface area contributed by atoms with Crippen LogP contribution in [0.1, 0.15) is 18.9 Å². The van der Waals surface area contributed by atoms with Gasteiger partial charge < -0.3 is 14.8 Å². The monoisotopic (exact) mass is 353 g/mol. The Balaban J connectivity index is 2.00. The molecule has 1 amide bonds. The van der Waals surface area contributed by atoms with Crippen LogP contribution < -0.4 is 14.8 Å². The Kier molecular flexibility index (Phi) is 6.27. The van der Waals surface area contributed by atoms with E-state index in [0.29, 0.717) is 18.8 Å². The zero-order valence-corrected chi connectivity index (χ0v) is 13.6. The summed E-state index contributed by atoms with van der Waals surface area (Å²) in [6.45, 7) is 2.37. The number of carbonyl (C=O) groups is 1. The number of para-hydroxylation sites is 3. The van der Waals surface area contributed by atoms with Crippen molar-refractivity contribution < 1.29 is 27.4 Å². The maximum atomic E-state index is 12.4. The molecule has 0 saturated carbocycles. The maximum absolute atomic E-state index is 12.4. The summed E-state index contributed by atoms with van der Waals surface area (Å²) < 4.78 is 46.6. The van der Waals surface area contributed by atoms with E-state index < -0.39 is 18.0 Å². The molecule has 0 atom stereocenters. The van der Waals surface area contributed by atoms with Gasteiger partial charge in [-0.15, -0.1) is 13.2 Å². The van der Waals surface area contributed by atoms with Crippen molar-refractivity contribution in [2.45, 2.75) is 26.1 Å². The molecule has 4 nitrogen and oxygen atoms in total. The minimum atomic E-state index is -4.82. The van der Waals surface area contributed by atoms with Crippen LogP contribution in [-0.2, 0) is 11.2 Å². The lowest BCUT2D eigenvalue weighted by molar-refractivity contribution is -0.274. The number of hydrogen-bond donors (Lipinski definition) is 1. The number of ether oxygens (including phenoxy) is 2. The summed E-state index contributed by atoms with van der Waals surface area (Å²) in [7, 11) is 0. The Labute approximate surface area is 143 Å². The van der Waals surface area contributed by atoms with Crippen molar-refractivity contribution in [1.82, 2.24) is 0 Å². The van der Waals surface area contributed by atoms with Crippen molar-refractivity contribution in [3.05, 3.63) is 54.1 Å². The van der Waals surface area contributed by atoms with E-state index in [1.165, 1.54) is 18.2 Å². The number of aryl methyl sites for hydroxylation is 1. The molecule has 0 bridgehead atoms. The number of rotatable bonds is 7. The van der Waals surface area contributed by atoms with Crippen LogP contribution in [0.4, 0.5) is 18.9 Å². The lowest BCUT2D eigenvalue weighted by Crippen LogP contribution is -2.19. The fraction of sp³-hybridized carbons (Fsp3) is 0.278. The maximum Gasteiger partial charge on any atom is 0.573 e. The second-order valence-corrected chi connectivity index (χ2v) is 5.13. The molecule has 134 valence electrons. The molecule has 0 unspecified atom stereocenters. The lowest BCUT2D eigenvalue weighted by atomic mass is 10.1. The first-order chi connectivity index (χ1) is 11.9. The van der Waals surface area contributed by atoms with Gasteiger partial charge in [0.1, 0.15) is 5.75 Å². The van der Waals surface area contributed by atoms with Gasteiger partial charge in [-0.1, -0.05) is 30.3 Å². The highest BCUT2D eigenvalue weighted by Crippen LogP contribution is 2.30. The second-order valence-electron chi connectivity index (χ2n) is 5.13. The van der Waals surface area contributed by atoms with Crippen molar-refractivity contribution in [2.24, 2.45) is 0 Å². The first-order valence-electron chi connectivity index (χ1n) is 7.74. The molecule has 0 aromatic heterocycles. The normalized spacial score (nSPS) is 11.0. The number of nitrogens with one attached hydrogen (secondary N) is 1. The summed E-state index contributed by atoms with van der Waals surface area (Å²) in [5.74, 6) is -0.166. The van der Waals surface area contributed by atoms with Gasteiger partial charge in [-0.25, -0.2) is 0 Å². The number of halogens is 3. The highest BCUT2D eigenvalue weighted by Gasteiger charge is 2.32. The molecule has 0 aliphatic rings. The van der Waals surface area contributed by atoms with Crippen LogP contribution in [0.5, 0.6) is 11.5 Å². The molecule has 2 aromatic carbocycles. The van der Waals surface area contributed by atoms with Crippen molar-refractivity contribution in [1.29, 1.82) is 0 Å². The fourth-order valence-electron chi connectivity index (χ4n) is 2.25. The minimum absolute atomic E-state index is 0.0251. The van der Waals surface area contributed by atoms with Crippen LogP contribution in [-0.4, -0.2) is 18.9 Å². The summed E-state index contributed by atoms with van der Waals surface area (Å²) >= 11 is 0. The number of amides is 1. The molecule has 7 heteroatoms. The first-order valence-corrected chi connectivity index (χ1v) is 7.74. The predicted molar refractivity (Wildman–Crippen MR) is 87.7 cm³/mol. The van der Waals surface area contributed by atoms with Gasteiger partial charge in [0.25, 0.3) is 0 Å². The Bertz CT molecular complexity index is 717. The summed E-state index contributed by atoms with van der Waals surface area (Å²) in [6, 6.07) is 12.7. The number of carbonyl (C=O) groups excluding carboxylic acids is 1. The third kappa shape index (κ3) is 6.02. The number of anilines is 1. The van der Waals surface area contributed by atoms with E-state index in [9.17, 15) is 18.0 Å². The summed E-state index contributed by atoms with van der Waals surface area (Å²) in [4.78, 5) is 12.1. The third-order valence-electron chi connectivity index (χ3n) is 3.28. The molecule has 2 rings (SSSR count). The topological polar surface area (TPSA) is 47.6 Å². The van der Waals surface area contributed by atoms with Crippen molar-refractivity contribution in [3.63, 3.8) is 0 Å².